The normalized spacial score (nSPS) is 18.3. The van der Waals surface area contributed by atoms with E-state index < -0.39 is 17.8 Å². The van der Waals surface area contributed by atoms with Gasteiger partial charge in [0.15, 0.2) is 0 Å². The minimum atomic E-state index is -0.565. The molecule has 1 unspecified atom stereocenters. The van der Waals surface area contributed by atoms with Crippen LogP contribution >= 0.6 is 11.6 Å². The minimum absolute atomic E-state index is 0.0989. The van der Waals surface area contributed by atoms with Crippen LogP contribution in [0.3, 0.4) is 0 Å². The number of imide groups is 1. The van der Waals surface area contributed by atoms with Crippen LogP contribution in [0, 0.1) is 0 Å². The van der Waals surface area contributed by atoms with Gasteiger partial charge in [0, 0.05) is 11.4 Å². The Labute approximate surface area is 189 Å². The molecule has 0 aromatic heterocycles. The molecule has 1 N–H and O–H groups in total. The van der Waals surface area contributed by atoms with Gasteiger partial charge < -0.3 is 5.32 Å². The number of fused-ring (bicyclic) bond motifs is 1. The Kier molecular flexibility index (Phi) is 5.11. The molecule has 1 fully saturated rings. The summed E-state index contributed by atoms with van der Waals surface area (Å²) >= 11 is 6.05. The number of carbonyl (C=O) groups excluding carboxylic acids is 3. The molecule has 0 aliphatic carbocycles. The molecule has 1 saturated heterocycles. The zero-order valence-corrected chi connectivity index (χ0v) is 17.7. The van der Waals surface area contributed by atoms with Crippen LogP contribution in [0.25, 0.3) is 10.8 Å². The van der Waals surface area contributed by atoms with Gasteiger partial charge in [-0.15, -0.1) is 0 Å². The molecule has 2 heterocycles. The van der Waals surface area contributed by atoms with Crippen molar-refractivity contribution in [3.63, 3.8) is 0 Å². The number of nitrogens with zero attached hydrogens (tertiary/aromatic N) is 3. The van der Waals surface area contributed by atoms with Crippen LogP contribution in [-0.2, 0) is 9.59 Å². The van der Waals surface area contributed by atoms with Crippen molar-refractivity contribution in [2.24, 2.45) is 5.10 Å². The summed E-state index contributed by atoms with van der Waals surface area (Å²) in [5, 5.41) is 11.3. The van der Waals surface area contributed by atoms with E-state index in [-0.39, 0.29) is 19.1 Å². The maximum absolute atomic E-state index is 13.2. The zero-order chi connectivity index (χ0) is 22.2. The van der Waals surface area contributed by atoms with Gasteiger partial charge in [-0.05, 0) is 40.1 Å². The maximum Gasteiger partial charge on any atom is 0.325 e. The Morgan fingerprint density at radius 2 is 1.78 bits per heavy atom. The van der Waals surface area contributed by atoms with E-state index in [0.29, 0.717) is 11.4 Å². The van der Waals surface area contributed by atoms with E-state index in [1.807, 2.05) is 48.5 Å². The lowest BCUT2D eigenvalue weighted by Crippen LogP contribution is -2.41. The summed E-state index contributed by atoms with van der Waals surface area (Å²) < 4.78 is 0. The van der Waals surface area contributed by atoms with Crippen molar-refractivity contribution in [1.29, 1.82) is 0 Å². The summed E-state index contributed by atoms with van der Waals surface area (Å²) in [6.07, 6.45) is 0.506. The van der Waals surface area contributed by atoms with E-state index in [2.05, 4.69) is 16.5 Å². The Morgan fingerprint density at radius 1 is 1.03 bits per heavy atom. The Balaban J connectivity index is 1.49. The molecule has 2 aliphatic heterocycles. The summed E-state index contributed by atoms with van der Waals surface area (Å²) in [5.41, 5.74) is 2.56. The van der Waals surface area contributed by atoms with Crippen LogP contribution in [0.15, 0.2) is 71.8 Å². The smallest absolute Gasteiger partial charge is 0.325 e. The Hall–Kier alpha value is -3.71. The van der Waals surface area contributed by atoms with Gasteiger partial charge in [-0.3, -0.25) is 14.5 Å². The maximum atomic E-state index is 13.2. The third kappa shape index (κ3) is 3.71. The minimum Gasteiger partial charge on any atom is -0.329 e. The lowest BCUT2D eigenvalue weighted by atomic mass is 9.97. The molecule has 3 aromatic carbocycles. The fourth-order valence-electron chi connectivity index (χ4n) is 4.05. The number of carbonyl (C=O) groups is 3. The van der Waals surface area contributed by atoms with E-state index in [9.17, 15) is 14.4 Å². The van der Waals surface area contributed by atoms with Gasteiger partial charge in [0.1, 0.15) is 6.54 Å². The lowest BCUT2D eigenvalue weighted by Gasteiger charge is -2.23. The monoisotopic (exact) mass is 446 g/mol. The van der Waals surface area contributed by atoms with Crippen molar-refractivity contribution in [2.45, 2.75) is 12.5 Å². The second-order valence-corrected chi connectivity index (χ2v) is 8.19. The van der Waals surface area contributed by atoms with Crippen molar-refractivity contribution < 1.29 is 14.4 Å². The van der Waals surface area contributed by atoms with E-state index in [4.69, 9.17) is 11.6 Å². The molecule has 32 heavy (non-hydrogen) atoms. The fourth-order valence-corrected chi connectivity index (χ4v) is 4.18. The molecule has 160 valence electrons. The molecule has 0 saturated carbocycles. The highest BCUT2D eigenvalue weighted by Gasteiger charge is 2.37. The van der Waals surface area contributed by atoms with Crippen LogP contribution < -0.4 is 5.32 Å². The first-order valence-corrected chi connectivity index (χ1v) is 10.6. The first kappa shape index (κ1) is 20.2. The third-order valence-electron chi connectivity index (χ3n) is 5.73. The molecule has 0 spiro atoms. The largest absolute Gasteiger partial charge is 0.329 e. The number of halogens is 1. The average molecular weight is 447 g/mol. The van der Waals surface area contributed by atoms with Crippen molar-refractivity contribution in [2.75, 3.05) is 13.1 Å². The lowest BCUT2D eigenvalue weighted by molar-refractivity contribution is -0.137. The second-order valence-electron chi connectivity index (χ2n) is 7.76. The molecule has 1 atom stereocenters. The van der Waals surface area contributed by atoms with Crippen LogP contribution in [-0.4, -0.2) is 46.6 Å². The van der Waals surface area contributed by atoms with Crippen LogP contribution in [0.1, 0.15) is 23.6 Å². The predicted octanol–water partition coefficient (Wildman–Crippen LogP) is 3.72. The zero-order valence-electron chi connectivity index (χ0n) is 17.0. The molecule has 5 rings (SSSR count). The van der Waals surface area contributed by atoms with Crippen LogP contribution in [0.4, 0.5) is 4.79 Å². The number of benzene rings is 3. The van der Waals surface area contributed by atoms with Gasteiger partial charge in [0.05, 0.1) is 18.3 Å². The van der Waals surface area contributed by atoms with Crippen molar-refractivity contribution in [3.05, 3.63) is 82.9 Å². The SMILES string of the molecule is O=C1CNC(=O)N1CC(=O)N1N=C(c2ccc3ccccc3c2)CC1c1ccc(Cl)cc1. The van der Waals surface area contributed by atoms with Gasteiger partial charge in [0.2, 0.25) is 0 Å². The Morgan fingerprint density at radius 3 is 2.50 bits per heavy atom. The molecule has 2 aliphatic rings. The summed E-state index contributed by atoms with van der Waals surface area (Å²) in [4.78, 5) is 37.9. The third-order valence-corrected chi connectivity index (χ3v) is 5.99. The van der Waals surface area contributed by atoms with Crippen molar-refractivity contribution >= 4 is 45.9 Å². The standard InChI is InChI=1S/C24H19ClN4O3/c25-19-9-7-16(8-10-19)21-12-20(18-6-5-15-3-1-2-4-17(15)11-18)27-29(21)23(31)14-28-22(30)13-26-24(28)32/h1-11,21H,12-14H2,(H,26,32). The van der Waals surface area contributed by atoms with Gasteiger partial charge >= 0.3 is 6.03 Å². The van der Waals surface area contributed by atoms with Crippen LogP contribution in [0.2, 0.25) is 5.02 Å². The quantitative estimate of drug-likeness (QED) is 0.620. The number of hydrogen-bond acceptors (Lipinski definition) is 4. The van der Waals surface area contributed by atoms with Gasteiger partial charge in [-0.2, -0.15) is 5.10 Å². The van der Waals surface area contributed by atoms with Gasteiger partial charge in [-0.25, -0.2) is 9.80 Å². The molecule has 0 bridgehead atoms. The average Bonchev–Trinajstić information content (AvgIpc) is 3.39. The predicted molar refractivity (Wildman–Crippen MR) is 121 cm³/mol. The van der Waals surface area contributed by atoms with Gasteiger partial charge in [0.25, 0.3) is 11.8 Å². The van der Waals surface area contributed by atoms with Gasteiger partial charge in [-0.1, -0.05) is 60.1 Å². The Bertz CT molecular complexity index is 1260. The molecule has 3 aromatic rings. The number of amides is 4. The number of urea groups is 1. The summed E-state index contributed by atoms with van der Waals surface area (Å²) in [6, 6.07) is 20.5. The van der Waals surface area contributed by atoms with E-state index in [0.717, 1.165) is 32.5 Å². The van der Waals surface area contributed by atoms with Crippen LogP contribution in [0.5, 0.6) is 0 Å². The topological polar surface area (TPSA) is 82.1 Å². The summed E-state index contributed by atoms with van der Waals surface area (Å²) in [7, 11) is 0. The first-order valence-electron chi connectivity index (χ1n) is 10.2. The van der Waals surface area contributed by atoms with Crippen molar-refractivity contribution in [3.8, 4) is 0 Å². The van der Waals surface area contributed by atoms with E-state index in [1.165, 1.54) is 5.01 Å². The summed E-state index contributed by atoms with van der Waals surface area (Å²) in [6.45, 7) is -0.457. The highest BCUT2D eigenvalue weighted by atomic mass is 35.5. The number of hydrogen-bond donors (Lipinski definition) is 1. The summed E-state index contributed by atoms with van der Waals surface area (Å²) in [5.74, 6) is -0.851. The fraction of sp³-hybridized carbons (Fsp3) is 0.167. The second kappa shape index (κ2) is 8.09. The number of hydrazone groups is 1. The molecular formula is C24H19ClN4O3. The number of nitrogens with one attached hydrogen (secondary N) is 1. The first-order chi connectivity index (χ1) is 15.5. The molecular weight excluding hydrogens is 428 g/mol. The molecule has 0 radical (unpaired) electrons. The number of rotatable bonds is 4. The highest BCUT2D eigenvalue weighted by Crippen LogP contribution is 2.34. The van der Waals surface area contributed by atoms with E-state index >= 15 is 0 Å². The van der Waals surface area contributed by atoms with Crippen molar-refractivity contribution in [1.82, 2.24) is 15.2 Å². The highest BCUT2D eigenvalue weighted by molar-refractivity contribution is 6.30. The molecule has 4 amide bonds. The molecule has 8 heteroatoms. The molecule has 7 nitrogen and oxygen atoms in total. The van der Waals surface area contributed by atoms with E-state index in [1.54, 1.807) is 12.1 Å².